The van der Waals surface area contributed by atoms with E-state index in [9.17, 15) is 5.11 Å². The predicted octanol–water partition coefficient (Wildman–Crippen LogP) is 0.578. The number of aliphatic hydroxyl groups is 1. The third-order valence-electron chi connectivity index (χ3n) is 2.76. The van der Waals surface area contributed by atoms with E-state index in [0.717, 1.165) is 38.0 Å². The van der Waals surface area contributed by atoms with Crippen molar-refractivity contribution in [1.29, 1.82) is 0 Å². The number of hydrogen-bond acceptors (Lipinski definition) is 4. The lowest BCUT2D eigenvalue weighted by molar-refractivity contribution is 0.106. The fraction of sp³-hybridized carbons (Fsp3) is 0.700. The molecule has 0 aliphatic carbocycles. The molecule has 2 unspecified atom stereocenters. The van der Waals surface area contributed by atoms with Gasteiger partial charge in [-0.3, -0.25) is 0 Å². The first-order chi connectivity index (χ1) is 6.86. The van der Waals surface area contributed by atoms with Gasteiger partial charge in [-0.2, -0.15) is 0 Å². The van der Waals surface area contributed by atoms with E-state index >= 15 is 0 Å². The van der Waals surface area contributed by atoms with Crippen molar-refractivity contribution in [3.63, 3.8) is 0 Å². The van der Waals surface area contributed by atoms with Gasteiger partial charge in [-0.25, -0.2) is 4.98 Å². The summed E-state index contributed by atoms with van der Waals surface area (Å²) in [5, 5.41) is 13.2. The molecular formula is C10H16N2O2. The Labute approximate surface area is 83.3 Å². The fourth-order valence-electron chi connectivity index (χ4n) is 1.91. The molecule has 4 heteroatoms. The molecule has 1 aromatic rings. The van der Waals surface area contributed by atoms with Gasteiger partial charge in [-0.15, -0.1) is 0 Å². The lowest BCUT2D eigenvalue weighted by Crippen LogP contribution is -2.29. The number of oxazole rings is 1. The standard InChI is InChI=1S/C10H16N2O2/c13-10-2-1-3-11-5-8(10)4-9-6-14-7-12-9/h6-8,10-11,13H,1-5H2. The maximum atomic E-state index is 9.85. The number of hydrogen-bond donors (Lipinski definition) is 2. The van der Waals surface area contributed by atoms with Crippen molar-refractivity contribution >= 4 is 0 Å². The van der Waals surface area contributed by atoms with Crippen LogP contribution in [0.15, 0.2) is 17.1 Å². The molecule has 2 rings (SSSR count). The number of aliphatic hydroxyl groups excluding tert-OH is 1. The van der Waals surface area contributed by atoms with Crippen LogP contribution in [0.1, 0.15) is 18.5 Å². The van der Waals surface area contributed by atoms with Crippen LogP contribution in [0.5, 0.6) is 0 Å². The summed E-state index contributed by atoms with van der Waals surface area (Å²) in [5.74, 6) is 0.266. The van der Waals surface area contributed by atoms with Crippen molar-refractivity contribution in [1.82, 2.24) is 10.3 Å². The molecule has 0 spiro atoms. The second kappa shape index (κ2) is 4.57. The summed E-state index contributed by atoms with van der Waals surface area (Å²) in [7, 11) is 0. The van der Waals surface area contributed by atoms with Crippen LogP contribution in [0.4, 0.5) is 0 Å². The van der Waals surface area contributed by atoms with E-state index in [-0.39, 0.29) is 12.0 Å². The number of aromatic nitrogens is 1. The summed E-state index contributed by atoms with van der Waals surface area (Å²) in [6, 6.07) is 0. The maximum Gasteiger partial charge on any atom is 0.180 e. The van der Waals surface area contributed by atoms with Gasteiger partial charge in [0.15, 0.2) is 6.39 Å². The minimum absolute atomic E-state index is 0.207. The Morgan fingerprint density at radius 1 is 1.64 bits per heavy atom. The molecule has 0 radical (unpaired) electrons. The van der Waals surface area contributed by atoms with Crippen LogP contribution in [0.2, 0.25) is 0 Å². The first kappa shape index (κ1) is 9.68. The minimum Gasteiger partial charge on any atom is -0.451 e. The Balaban J connectivity index is 1.94. The zero-order chi connectivity index (χ0) is 9.80. The minimum atomic E-state index is -0.207. The van der Waals surface area contributed by atoms with Crippen molar-refractivity contribution < 1.29 is 9.52 Å². The highest BCUT2D eigenvalue weighted by Crippen LogP contribution is 2.16. The normalized spacial score (nSPS) is 28.6. The quantitative estimate of drug-likeness (QED) is 0.726. The van der Waals surface area contributed by atoms with Gasteiger partial charge in [-0.1, -0.05) is 0 Å². The van der Waals surface area contributed by atoms with Gasteiger partial charge in [0.2, 0.25) is 0 Å². The van der Waals surface area contributed by atoms with Gasteiger partial charge < -0.3 is 14.8 Å². The van der Waals surface area contributed by atoms with Gasteiger partial charge in [0.1, 0.15) is 6.26 Å². The van der Waals surface area contributed by atoms with Crippen LogP contribution < -0.4 is 5.32 Å². The summed E-state index contributed by atoms with van der Waals surface area (Å²) in [4.78, 5) is 4.07. The zero-order valence-electron chi connectivity index (χ0n) is 8.15. The molecule has 14 heavy (non-hydrogen) atoms. The Hall–Kier alpha value is -0.870. The monoisotopic (exact) mass is 196 g/mol. The van der Waals surface area contributed by atoms with Crippen molar-refractivity contribution in [3.8, 4) is 0 Å². The molecule has 2 heterocycles. The smallest absolute Gasteiger partial charge is 0.180 e. The molecule has 2 N–H and O–H groups in total. The van der Waals surface area contributed by atoms with Crippen LogP contribution in [0, 0.1) is 5.92 Å². The number of rotatable bonds is 2. The largest absolute Gasteiger partial charge is 0.451 e. The van der Waals surface area contributed by atoms with Crippen molar-refractivity contribution in [2.45, 2.75) is 25.4 Å². The average molecular weight is 196 g/mol. The third kappa shape index (κ3) is 2.33. The molecule has 1 aliphatic heterocycles. The van der Waals surface area contributed by atoms with Gasteiger partial charge in [0.05, 0.1) is 11.8 Å². The van der Waals surface area contributed by atoms with E-state index in [1.54, 1.807) is 6.26 Å². The second-order valence-electron chi connectivity index (χ2n) is 3.86. The number of nitrogens with one attached hydrogen (secondary N) is 1. The first-order valence-electron chi connectivity index (χ1n) is 5.12. The Morgan fingerprint density at radius 3 is 3.36 bits per heavy atom. The lowest BCUT2D eigenvalue weighted by atomic mass is 9.95. The highest BCUT2D eigenvalue weighted by molar-refractivity contribution is 4.95. The lowest BCUT2D eigenvalue weighted by Gasteiger charge is -2.18. The molecule has 0 bridgehead atoms. The summed E-state index contributed by atoms with van der Waals surface area (Å²) < 4.78 is 4.91. The Kier molecular flexibility index (Phi) is 3.16. The molecule has 2 atom stereocenters. The molecule has 0 amide bonds. The van der Waals surface area contributed by atoms with Gasteiger partial charge in [0.25, 0.3) is 0 Å². The van der Waals surface area contributed by atoms with E-state index in [0.29, 0.717) is 0 Å². The van der Waals surface area contributed by atoms with E-state index in [1.165, 1.54) is 6.39 Å². The number of nitrogens with zero attached hydrogens (tertiary/aromatic N) is 1. The Morgan fingerprint density at radius 2 is 2.57 bits per heavy atom. The highest BCUT2D eigenvalue weighted by Gasteiger charge is 2.22. The van der Waals surface area contributed by atoms with Crippen LogP contribution in [0.25, 0.3) is 0 Å². The summed E-state index contributed by atoms with van der Waals surface area (Å²) in [5.41, 5.74) is 0.928. The summed E-state index contributed by atoms with van der Waals surface area (Å²) in [6.45, 7) is 1.88. The van der Waals surface area contributed by atoms with Crippen LogP contribution in [-0.2, 0) is 6.42 Å². The predicted molar refractivity (Wildman–Crippen MR) is 51.8 cm³/mol. The highest BCUT2D eigenvalue weighted by atomic mass is 16.3. The molecule has 0 saturated carbocycles. The van der Waals surface area contributed by atoms with Crippen LogP contribution in [0.3, 0.4) is 0 Å². The summed E-state index contributed by atoms with van der Waals surface area (Å²) >= 11 is 0. The molecule has 1 aromatic heterocycles. The van der Waals surface area contributed by atoms with Crippen LogP contribution >= 0.6 is 0 Å². The third-order valence-corrected chi connectivity index (χ3v) is 2.76. The van der Waals surface area contributed by atoms with Gasteiger partial charge in [0, 0.05) is 12.5 Å². The molecule has 1 aliphatic rings. The molecule has 78 valence electrons. The van der Waals surface area contributed by atoms with Gasteiger partial charge in [-0.05, 0) is 25.8 Å². The van der Waals surface area contributed by atoms with E-state index in [2.05, 4.69) is 10.3 Å². The van der Waals surface area contributed by atoms with E-state index in [1.807, 2.05) is 0 Å². The zero-order valence-corrected chi connectivity index (χ0v) is 8.15. The van der Waals surface area contributed by atoms with Gasteiger partial charge >= 0.3 is 0 Å². The molecule has 4 nitrogen and oxygen atoms in total. The fourth-order valence-corrected chi connectivity index (χ4v) is 1.91. The van der Waals surface area contributed by atoms with Crippen molar-refractivity contribution in [3.05, 3.63) is 18.4 Å². The van der Waals surface area contributed by atoms with Crippen molar-refractivity contribution in [2.24, 2.45) is 5.92 Å². The van der Waals surface area contributed by atoms with Crippen molar-refractivity contribution in [2.75, 3.05) is 13.1 Å². The van der Waals surface area contributed by atoms with E-state index in [4.69, 9.17) is 4.42 Å². The average Bonchev–Trinajstić information content (AvgIpc) is 2.60. The SMILES string of the molecule is OC1CCCNCC1Cc1cocn1. The summed E-state index contributed by atoms with van der Waals surface area (Å²) in [6.07, 6.45) is 5.61. The molecule has 1 saturated heterocycles. The topological polar surface area (TPSA) is 58.3 Å². The van der Waals surface area contributed by atoms with E-state index < -0.39 is 0 Å². The molecule has 1 fully saturated rings. The van der Waals surface area contributed by atoms with Crippen LogP contribution in [-0.4, -0.2) is 29.3 Å². The maximum absolute atomic E-state index is 9.85. The first-order valence-corrected chi connectivity index (χ1v) is 5.12. The molecular weight excluding hydrogens is 180 g/mol. The Bertz CT molecular complexity index is 261. The second-order valence-corrected chi connectivity index (χ2v) is 3.86. The molecule has 0 aromatic carbocycles.